The smallest absolute Gasteiger partial charge is 0.173 e. The summed E-state index contributed by atoms with van der Waals surface area (Å²) in [6.07, 6.45) is 1.75. The number of aromatic nitrogens is 4. The second-order valence-electron chi connectivity index (χ2n) is 6.66. The van der Waals surface area contributed by atoms with E-state index in [9.17, 15) is 0 Å². The molecule has 0 saturated carbocycles. The number of nitrogens with zero attached hydrogens (tertiary/aromatic N) is 4. The van der Waals surface area contributed by atoms with Gasteiger partial charge in [0.05, 0.1) is 9.48 Å². The Labute approximate surface area is 136 Å². The van der Waals surface area contributed by atoms with E-state index in [1.807, 2.05) is 0 Å². The van der Waals surface area contributed by atoms with Crippen molar-refractivity contribution >= 4 is 39.2 Å². The minimum absolute atomic E-state index is 0.0348. The van der Waals surface area contributed by atoms with Crippen LogP contribution in [-0.2, 0) is 10.8 Å². The average molecular weight is 375 g/mol. The van der Waals surface area contributed by atoms with Gasteiger partial charge in [0.25, 0.3) is 0 Å². The number of hydrogen-bond acceptors (Lipinski definition) is 5. The zero-order valence-electron chi connectivity index (χ0n) is 12.6. The highest BCUT2D eigenvalue weighted by atomic mass is 79.9. The standard InChI is InChI=1S/C13H19BrN4S2/c1-12(2,3)8-9(14)19-11(16-8)20-18-7-15-10(17-18)13(4,5)6/h7H,1-6H3. The zero-order chi connectivity index (χ0) is 15.1. The largest absolute Gasteiger partial charge is 0.231 e. The van der Waals surface area contributed by atoms with Crippen molar-refractivity contribution in [2.45, 2.75) is 56.7 Å². The number of halogens is 1. The van der Waals surface area contributed by atoms with E-state index in [2.05, 4.69) is 67.6 Å². The Balaban J connectivity index is 2.21. The van der Waals surface area contributed by atoms with Crippen molar-refractivity contribution in [1.29, 1.82) is 0 Å². The molecule has 0 fully saturated rings. The molecule has 0 aliphatic heterocycles. The van der Waals surface area contributed by atoms with Gasteiger partial charge in [0.15, 0.2) is 10.2 Å². The summed E-state index contributed by atoms with van der Waals surface area (Å²) >= 11 is 6.73. The third-order valence-electron chi connectivity index (χ3n) is 2.59. The van der Waals surface area contributed by atoms with Gasteiger partial charge in [-0.05, 0) is 15.9 Å². The van der Waals surface area contributed by atoms with Crippen molar-refractivity contribution in [3.8, 4) is 0 Å². The maximum absolute atomic E-state index is 4.69. The van der Waals surface area contributed by atoms with Crippen LogP contribution in [-0.4, -0.2) is 19.2 Å². The predicted octanol–water partition coefficient (Wildman–Crippen LogP) is 4.65. The van der Waals surface area contributed by atoms with Gasteiger partial charge in [-0.2, -0.15) is 4.09 Å². The second kappa shape index (κ2) is 5.42. The molecule has 2 aromatic heterocycles. The molecule has 2 aromatic rings. The van der Waals surface area contributed by atoms with Crippen molar-refractivity contribution in [1.82, 2.24) is 19.2 Å². The molecule has 0 radical (unpaired) electrons. The molecular formula is C13H19BrN4S2. The van der Waals surface area contributed by atoms with E-state index in [0.717, 1.165) is 19.6 Å². The molecule has 0 spiro atoms. The third kappa shape index (κ3) is 3.62. The summed E-state index contributed by atoms with van der Waals surface area (Å²) in [6, 6.07) is 0. The highest BCUT2D eigenvalue weighted by Gasteiger charge is 2.23. The predicted molar refractivity (Wildman–Crippen MR) is 88.5 cm³/mol. The van der Waals surface area contributed by atoms with Crippen LogP contribution in [0, 0.1) is 0 Å². The highest BCUT2D eigenvalue weighted by molar-refractivity contribution is 9.11. The van der Waals surface area contributed by atoms with Crippen LogP contribution in [0.2, 0.25) is 0 Å². The van der Waals surface area contributed by atoms with Crippen LogP contribution in [0.25, 0.3) is 0 Å². The minimum Gasteiger partial charge on any atom is -0.231 e. The summed E-state index contributed by atoms with van der Waals surface area (Å²) in [7, 11) is 0. The molecule has 4 nitrogen and oxygen atoms in total. The topological polar surface area (TPSA) is 43.6 Å². The van der Waals surface area contributed by atoms with Crippen molar-refractivity contribution < 1.29 is 0 Å². The molecule has 2 heterocycles. The van der Waals surface area contributed by atoms with Gasteiger partial charge >= 0.3 is 0 Å². The monoisotopic (exact) mass is 374 g/mol. The van der Waals surface area contributed by atoms with Crippen LogP contribution in [0.5, 0.6) is 0 Å². The van der Waals surface area contributed by atoms with E-state index >= 15 is 0 Å². The van der Waals surface area contributed by atoms with Gasteiger partial charge in [0.1, 0.15) is 6.33 Å². The van der Waals surface area contributed by atoms with E-state index in [1.165, 1.54) is 11.9 Å². The molecule has 110 valence electrons. The number of rotatable bonds is 2. The molecule has 0 N–H and O–H groups in total. The van der Waals surface area contributed by atoms with Gasteiger partial charge < -0.3 is 0 Å². The van der Waals surface area contributed by atoms with Crippen molar-refractivity contribution in [2.24, 2.45) is 0 Å². The molecule has 0 aliphatic carbocycles. The van der Waals surface area contributed by atoms with Gasteiger partial charge in [0.2, 0.25) is 0 Å². The first-order valence-electron chi connectivity index (χ1n) is 6.34. The fourth-order valence-corrected chi connectivity index (χ4v) is 4.84. The fourth-order valence-electron chi connectivity index (χ4n) is 1.50. The first kappa shape index (κ1) is 16.0. The van der Waals surface area contributed by atoms with Crippen LogP contribution in [0.3, 0.4) is 0 Å². The fraction of sp³-hybridized carbons (Fsp3) is 0.615. The van der Waals surface area contributed by atoms with E-state index < -0.39 is 0 Å². The van der Waals surface area contributed by atoms with Crippen LogP contribution >= 0.6 is 39.2 Å². The molecular weight excluding hydrogens is 356 g/mol. The SMILES string of the molecule is CC(C)(C)c1ncn(Sc2nc(C(C)(C)C)c(Br)s2)n1. The van der Waals surface area contributed by atoms with Gasteiger partial charge in [0, 0.05) is 22.8 Å². The number of hydrogen-bond donors (Lipinski definition) is 0. The maximum atomic E-state index is 4.69. The summed E-state index contributed by atoms with van der Waals surface area (Å²) in [5.74, 6) is 0.844. The molecule has 20 heavy (non-hydrogen) atoms. The van der Waals surface area contributed by atoms with Crippen LogP contribution in [0.1, 0.15) is 53.1 Å². The quantitative estimate of drug-likeness (QED) is 0.767. The van der Waals surface area contributed by atoms with Crippen molar-refractivity contribution in [2.75, 3.05) is 0 Å². The van der Waals surface area contributed by atoms with Crippen LogP contribution in [0.4, 0.5) is 0 Å². The van der Waals surface area contributed by atoms with Gasteiger partial charge in [-0.25, -0.2) is 9.97 Å². The molecule has 0 amide bonds. The lowest BCUT2D eigenvalue weighted by Crippen LogP contribution is -2.13. The Morgan fingerprint density at radius 3 is 2.25 bits per heavy atom. The molecule has 0 unspecified atom stereocenters. The van der Waals surface area contributed by atoms with Gasteiger partial charge in [-0.1, -0.05) is 52.9 Å². The Bertz CT molecular complexity index is 605. The molecule has 7 heteroatoms. The first-order chi connectivity index (χ1) is 9.07. The Kier molecular flexibility index (Phi) is 4.33. The average Bonchev–Trinajstić information content (AvgIpc) is 2.84. The zero-order valence-corrected chi connectivity index (χ0v) is 15.8. The maximum Gasteiger partial charge on any atom is 0.173 e. The van der Waals surface area contributed by atoms with E-state index in [4.69, 9.17) is 4.98 Å². The van der Waals surface area contributed by atoms with E-state index in [0.29, 0.717) is 0 Å². The normalized spacial score (nSPS) is 12.9. The van der Waals surface area contributed by atoms with Gasteiger partial charge in [-0.3, -0.25) is 0 Å². The molecule has 0 atom stereocenters. The highest BCUT2D eigenvalue weighted by Crippen LogP contribution is 2.37. The third-order valence-corrected chi connectivity index (χ3v) is 5.17. The Morgan fingerprint density at radius 1 is 1.15 bits per heavy atom. The molecule has 2 rings (SSSR count). The summed E-state index contributed by atoms with van der Waals surface area (Å²) in [5.41, 5.74) is 1.08. The number of thiazole rings is 1. The summed E-state index contributed by atoms with van der Waals surface area (Å²) in [6.45, 7) is 12.8. The summed E-state index contributed by atoms with van der Waals surface area (Å²) in [5, 5.41) is 4.50. The lowest BCUT2D eigenvalue weighted by Gasteiger charge is -2.15. The van der Waals surface area contributed by atoms with Crippen LogP contribution < -0.4 is 0 Å². The lowest BCUT2D eigenvalue weighted by atomic mass is 9.93. The Hall–Kier alpha value is -0.400. The van der Waals surface area contributed by atoms with Crippen LogP contribution in [0.15, 0.2) is 14.5 Å². The lowest BCUT2D eigenvalue weighted by molar-refractivity contribution is 0.546. The minimum atomic E-state index is -0.0359. The molecule has 0 aliphatic rings. The molecule has 0 aromatic carbocycles. The summed E-state index contributed by atoms with van der Waals surface area (Å²) < 4.78 is 3.83. The first-order valence-corrected chi connectivity index (χ1v) is 8.73. The van der Waals surface area contributed by atoms with Gasteiger partial charge in [-0.15, -0.1) is 5.10 Å². The van der Waals surface area contributed by atoms with E-state index in [1.54, 1.807) is 21.8 Å². The molecule has 0 bridgehead atoms. The van der Waals surface area contributed by atoms with Crippen molar-refractivity contribution in [3.05, 3.63) is 21.6 Å². The Morgan fingerprint density at radius 2 is 1.80 bits per heavy atom. The second-order valence-corrected chi connectivity index (χ2v) is 10.2. The molecule has 0 saturated heterocycles. The van der Waals surface area contributed by atoms with Crippen molar-refractivity contribution in [3.63, 3.8) is 0 Å². The van der Waals surface area contributed by atoms with E-state index in [-0.39, 0.29) is 10.8 Å². The summed E-state index contributed by atoms with van der Waals surface area (Å²) in [4.78, 5) is 9.05.